The van der Waals surface area contributed by atoms with Crippen LogP contribution in [0.5, 0.6) is 0 Å². The Labute approximate surface area is 298 Å². The number of alkyl halides is 3. The molecule has 0 aliphatic rings. The number of aliphatic hydroxyl groups is 1. The van der Waals surface area contributed by atoms with E-state index in [0.717, 1.165) is 29.0 Å². The predicted molar refractivity (Wildman–Crippen MR) is 190 cm³/mol. The van der Waals surface area contributed by atoms with Crippen molar-refractivity contribution in [3.05, 3.63) is 136 Å². The summed E-state index contributed by atoms with van der Waals surface area (Å²) in [7, 11) is 0. The minimum Gasteiger partial charge on any atom is -0.444 e. The minimum atomic E-state index is -4.47. The van der Waals surface area contributed by atoms with Gasteiger partial charge in [-0.1, -0.05) is 66.2 Å². The Bertz CT molecular complexity index is 1710. The molecular formula is C40H48F4N4O3. The van der Waals surface area contributed by atoms with Crippen molar-refractivity contribution in [1.29, 1.82) is 0 Å². The van der Waals surface area contributed by atoms with Crippen LogP contribution in [-0.4, -0.2) is 62.7 Å². The molecule has 0 fully saturated rings. The van der Waals surface area contributed by atoms with Crippen molar-refractivity contribution >= 4 is 6.09 Å². The SMILES string of the molecule is Cc1cccc(CN(CCN(CCCO)C(=O)OC(C)(C)C)Cc2cccc(CN(Cc3cccc(F)c3)Cc3cccc(C(F)(F)F)c3)n2)c1. The zero-order chi connectivity index (χ0) is 37.0. The summed E-state index contributed by atoms with van der Waals surface area (Å²) < 4.78 is 60.2. The van der Waals surface area contributed by atoms with Crippen molar-refractivity contribution in [2.24, 2.45) is 0 Å². The first-order chi connectivity index (χ1) is 24.2. The van der Waals surface area contributed by atoms with Gasteiger partial charge in [-0.15, -0.1) is 0 Å². The summed E-state index contributed by atoms with van der Waals surface area (Å²) in [5, 5.41) is 9.47. The number of aryl methyl sites for hydroxylation is 1. The van der Waals surface area contributed by atoms with Crippen LogP contribution >= 0.6 is 0 Å². The monoisotopic (exact) mass is 708 g/mol. The van der Waals surface area contributed by atoms with Crippen molar-refractivity contribution < 1.29 is 32.2 Å². The van der Waals surface area contributed by atoms with Gasteiger partial charge in [0, 0.05) is 59.0 Å². The van der Waals surface area contributed by atoms with E-state index in [-0.39, 0.29) is 19.0 Å². The number of carbonyl (C=O) groups excluding carboxylic acids is 1. The Kier molecular flexibility index (Phi) is 14.1. The lowest BCUT2D eigenvalue weighted by molar-refractivity contribution is -0.137. The van der Waals surface area contributed by atoms with Crippen molar-refractivity contribution in [1.82, 2.24) is 19.7 Å². The number of nitrogens with zero attached hydrogens (tertiary/aromatic N) is 4. The number of hydrogen-bond donors (Lipinski definition) is 1. The maximum atomic E-state index is 14.1. The van der Waals surface area contributed by atoms with Crippen molar-refractivity contribution in [2.75, 3.05) is 26.2 Å². The molecule has 1 heterocycles. The van der Waals surface area contributed by atoms with Gasteiger partial charge in [0.2, 0.25) is 0 Å². The van der Waals surface area contributed by atoms with E-state index in [1.54, 1.807) is 23.1 Å². The Morgan fingerprint density at radius 1 is 0.725 bits per heavy atom. The standard InChI is InChI=1S/C40H48F4N4O3/c1-30-10-5-11-31(22-30)25-46(19-20-48(18-9-21-49)38(50)51-39(2,3)4)28-36-16-8-17-37(45-36)29-47(27-33-13-7-15-35(41)24-33)26-32-12-6-14-34(23-32)40(42,43)44/h5-8,10-17,22-24,49H,9,18-21,25-29H2,1-4H3. The number of aromatic nitrogens is 1. The van der Waals surface area contributed by atoms with Gasteiger partial charge < -0.3 is 14.7 Å². The number of hydrogen-bond acceptors (Lipinski definition) is 6. The number of aliphatic hydroxyl groups excluding tert-OH is 1. The first-order valence-corrected chi connectivity index (χ1v) is 17.1. The van der Waals surface area contributed by atoms with E-state index >= 15 is 0 Å². The molecule has 0 aliphatic heterocycles. The lowest BCUT2D eigenvalue weighted by Crippen LogP contribution is -2.42. The van der Waals surface area contributed by atoms with Gasteiger partial charge in [0.1, 0.15) is 11.4 Å². The molecule has 0 spiro atoms. The molecule has 0 bridgehead atoms. The minimum absolute atomic E-state index is 0.0486. The summed E-state index contributed by atoms with van der Waals surface area (Å²) in [5.41, 5.74) is 3.52. The van der Waals surface area contributed by atoms with Gasteiger partial charge in [0.15, 0.2) is 0 Å². The van der Waals surface area contributed by atoms with Crippen molar-refractivity contribution in [3.63, 3.8) is 0 Å². The summed E-state index contributed by atoms with van der Waals surface area (Å²) in [6.45, 7) is 10.5. The van der Waals surface area contributed by atoms with E-state index in [2.05, 4.69) is 17.0 Å². The molecule has 7 nitrogen and oxygen atoms in total. The normalized spacial score (nSPS) is 12.1. The molecular weight excluding hydrogens is 660 g/mol. The highest BCUT2D eigenvalue weighted by atomic mass is 19.4. The molecule has 274 valence electrons. The maximum absolute atomic E-state index is 14.1. The van der Waals surface area contributed by atoms with Crippen LogP contribution in [0.3, 0.4) is 0 Å². The van der Waals surface area contributed by atoms with Crippen LogP contribution < -0.4 is 0 Å². The third kappa shape index (κ3) is 13.7. The van der Waals surface area contributed by atoms with E-state index < -0.39 is 23.4 Å². The lowest BCUT2D eigenvalue weighted by atomic mass is 10.1. The molecule has 3 aromatic carbocycles. The first-order valence-electron chi connectivity index (χ1n) is 17.1. The highest BCUT2D eigenvalue weighted by Crippen LogP contribution is 2.30. The van der Waals surface area contributed by atoms with Crippen LogP contribution in [0.15, 0.2) is 91.0 Å². The number of pyridine rings is 1. The largest absolute Gasteiger partial charge is 0.444 e. The van der Waals surface area contributed by atoms with E-state index in [0.29, 0.717) is 69.1 Å². The zero-order valence-electron chi connectivity index (χ0n) is 29.8. The predicted octanol–water partition coefficient (Wildman–Crippen LogP) is 8.37. The molecule has 0 aliphatic carbocycles. The Hall–Kier alpha value is -4.32. The third-order valence-electron chi connectivity index (χ3n) is 8.00. The Balaban J connectivity index is 1.56. The van der Waals surface area contributed by atoms with Crippen LogP contribution in [0, 0.1) is 12.7 Å². The van der Waals surface area contributed by atoms with E-state index in [1.165, 1.54) is 18.2 Å². The topological polar surface area (TPSA) is 69.1 Å². The van der Waals surface area contributed by atoms with Gasteiger partial charge >= 0.3 is 12.3 Å². The van der Waals surface area contributed by atoms with Gasteiger partial charge in [0.25, 0.3) is 0 Å². The second-order valence-corrected chi connectivity index (χ2v) is 13.8. The average molecular weight is 709 g/mol. The highest BCUT2D eigenvalue weighted by molar-refractivity contribution is 5.68. The van der Waals surface area contributed by atoms with Crippen LogP contribution in [0.2, 0.25) is 0 Å². The second kappa shape index (κ2) is 18.3. The van der Waals surface area contributed by atoms with Crippen LogP contribution in [0.1, 0.15) is 66.4 Å². The number of amides is 1. The van der Waals surface area contributed by atoms with Gasteiger partial charge in [-0.25, -0.2) is 9.18 Å². The molecule has 0 radical (unpaired) electrons. The number of benzene rings is 3. The fraction of sp³-hybridized carbons (Fsp3) is 0.400. The number of rotatable bonds is 16. The molecule has 1 N–H and O–H groups in total. The molecule has 1 amide bonds. The molecule has 0 atom stereocenters. The smallest absolute Gasteiger partial charge is 0.416 e. The lowest BCUT2D eigenvalue weighted by Gasteiger charge is -2.30. The van der Waals surface area contributed by atoms with Gasteiger partial charge in [0.05, 0.1) is 17.0 Å². The van der Waals surface area contributed by atoms with E-state index in [1.807, 2.05) is 62.9 Å². The Morgan fingerprint density at radius 3 is 1.90 bits per heavy atom. The molecule has 4 rings (SSSR count). The van der Waals surface area contributed by atoms with Gasteiger partial charge in [-0.05, 0) is 81.1 Å². The summed E-state index contributed by atoms with van der Waals surface area (Å²) in [4.78, 5) is 23.8. The highest BCUT2D eigenvalue weighted by Gasteiger charge is 2.30. The summed E-state index contributed by atoms with van der Waals surface area (Å²) >= 11 is 0. The summed E-state index contributed by atoms with van der Waals surface area (Å²) in [6, 6.07) is 25.3. The maximum Gasteiger partial charge on any atom is 0.416 e. The summed E-state index contributed by atoms with van der Waals surface area (Å²) in [6.07, 6.45) is -4.48. The van der Waals surface area contributed by atoms with Crippen LogP contribution in [0.25, 0.3) is 0 Å². The fourth-order valence-corrected chi connectivity index (χ4v) is 5.76. The van der Waals surface area contributed by atoms with Crippen molar-refractivity contribution in [3.8, 4) is 0 Å². The number of ether oxygens (including phenoxy) is 1. The first kappa shape index (κ1) is 39.5. The van der Waals surface area contributed by atoms with Crippen molar-refractivity contribution in [2.45, 2.75) is 78.6 Å². The van der Waals surface area contributed by atoms with Crippen LogP contribution in [0.4, 0.5) is 22.4 Å². The van der Waals surface area contributed by atoms with Crippen LogP contribution in [-0.2, 0) is 43.6 Å². The molecule has 1 aromatic heterocycles. The Morgan fingerprint density at radius 2 is 1.29 bits per heavy atom. The average Bonchev–Trinajstić information content (AvgIpc) is 3.04. The second-order valence-electron chi connectivity index (χ2n) is 13.8. The zero-order valence-corrected chi connectivity index (χ0v) is 29.8. The molecule has 51 heavy (non-hydrogen) atoms. The molecule has 0 unspecified atom stereocenters. The fourth-order valence-electron chi connectivity index (χ4n) is 5.76. The third-order valence-corrected chi connectivity index (χ3v) is 8.00. The van der Waals surface area contributed by atoms with Gasteiger partial charge in [-0.2, -0.15) is 13.2 Å². The number of halogens is 4. The molecule has 0 saturated heterocycles. The summed E-state index contributed by atoms with van der Waals surface area (Å²) in [5.74, 6) is -0.387. The molecule has 11 heteroatoms. The van der Waals surface area contributed by atoms with E-state index in [4.69, 9.17) is 9.72 Å². The quantitative estimate of drug-likeness (QED) is 0.118. The molecule has 0 saturated carbocycles. The van der Waals surface area contributed by atoms with E-state index in [9.17, 15) is 27.5 Å². The molecule has 4 aromatic rings. The van der Waals surface area contributed by atoms with Gasteiger partial charge in [-0.3, -0.25) is 14.8 Å². The number of carbonyl (C=O) groups is 1.